The zero-order valence-corrected chi connectivity index (χ0v) is 18.4. The number of hydrogen-bond donors (Lipinski definition) is 2. The lowest BCUT2D eigenvalue weighted by molar-refractivity contribution is 0.0952. The summed E-state index contributed by atoms with van der Waals surface area (Å²) < 4.78 is 27.5. The molecule has 0 unspecified atom stereocenters. The van der Waals surface area contributed by atoms with Crippen molar-refractivity contribution in [1.82, 2.24) is 9.62 Å². The molecule has 30 heavy (non-hydrogen) atoms. The van der Waals surface area contributed by atoms with Crippen LogP contribution >= 0.6 is 11.3 Å². The standard InChI is InChI=1S/C21H25N3O4S2/c1-14-5-8-16(30(27,28)24-10-3-2-4-11-24)13-18(14)20(26)23-21-17(9-12-29-21)19(25)22-15-6-7-15/h5,8-9,12-13,15H,2-4,6-7,10-11H2,1H3,(H,22,25)(H,23,26). The van der Waals surface area contributed by atoms with E-state index in [1.807, 2.05) is 0 Å². The predicted octanol–water partition coefficient (Wildman–Crippen LogP) is 3.38. The Balaban J connectivity index is 1.55. The van der Waals surface area contributed by atoms with Gasteiger partial charge >= 0.3 is 0 Å². The maximum atomic E-state index is 13.0. The van der Waals surface area contributed by atoms with Crippen LogP contribution in [0, 0.1) is 6.92 Å². The van der Waals surface area contributed by atoms with E-state index < -0.39 is 15.9 Å². The number of nitrogens with zero attached hydrogens (tertiary/aromatic N) is 1. The molecule has 160 valence electrons. The molecule has 2 fully saturated rings. The minimum Gasteiger partial charge on any atom is -0.349 e. The number of rotatable bonds is 6. The third kappa shape index (κ3) is 4.43. The molecule has 4 rings (SSSR count). The summed E-state index contributed by atoms with van der Waals surface area (Å²) in [7, 11) is -3.63. The number of benzene rings is 1. The van der Waals surface area contributed by atoms with Crippen LogP contribution < -0.4 is 10.6 Å². The van der Waals surface area contributed by atoms with Crippen LogP contribution in [0.4, 0.5) is 5.00 Å². The van der Waals surface area contributed by atoms with Crippen molar-refractivity contribution in [2.24, 2.45) is 0 Å². The Morgan fingerprint density at radius 1 is 1.03 bits per heavy atom. The van der Waals surface area contributed by atoms with E-state index in [1.54, 1.807) is 30.5 Å². The van der Waals surface area contributed by atoms with Crippen molar-refractivity contribution < 1.29 is 18.0 Å². The van der Waals surface area contributed by atoms with Crippen LogP contribution in [0.5, 0.6) is 0 Å². The molecule has 2 aliphatic rings. The first kappa shape index (κ1) is 21.0. The van der Waals surface area contributed by atoms with Crippen LogP contribution in [-0.2, 0) is 10.0 Å². The number of nitrogens with one attached hydrogen (secondary N) is 2. The van der Waals surface area contributed by atoms with E-state index in [0.717, 1.165) is 32.1 Å². The second-order valence-corrected chi connectivity index (χ2v) is 10.7. The van der Waals surface area contributed by atoms with E-state index in [1.165, 1.54) is 21.7 Å². The zero-order chi connectivity index (χ0) is 21.3. The van der Waals surface area contributed by atoms with Gasteiger partial charge < -0.3 is 10.6 Å². The molecule has 1 aromatic carbocycles. The SMILES string of the molecule is Cc1ccc(S(=O)(=O)N2CCCCC2)cc1C(=O)Nc1sccc1C(=O)NC1CC1. The average molecular weight is 448 g/mol. The average Bonchev–Trinajstić information content (AvgIpc) is 3.43. The molecule has 1 saturated heterocycles. The fourth-order valence-corrected chi connectivity index (χ4v) is 5.83. The van der Waals surface area contributed by atoms with Gasteiger partial charge in [0.25, 0.3) is 11.8 Å². The summed E-state index contributed by atoms with van der Waals surface area (Å²) in [5.41, 5.74) is 1.38. The van der Waals surface area contributed by atoms with E-state index in [-0.39, 0.29) is 22.4 Å². The molecule has 2 aromatic rings. The van der Waals surface area contributed by atoms with E-state index in [2.05, 4.69) is 10.6 Å². The van der Waals surface area contributed by atoms with E-state index in [9.17, 15) is 18.0 Å². The minimum atomic E-state index is -3.63. The molecule has 1 saturated carbocycles. The van der Waals surface area contributed by atoms with Gasteiger partial charge in [0.15, 0.2) is 0 Å². The van der Waals surface area contributed by atoms with Crippen LogP contribution in [0.15, 0.2) is 34.5 Å². The van der Waals surface area contributed by atoms with Gasteiger partial charge in [0.05, 0.1) is 10.5 Å². The number of aryl methyl sites for hydroxylation is 1. The number of carbonyl (C=O) groups excluding carboxylic acids is 2. The Bertz CT molecular complexity index is 1070. The van der Waals surface area contributed by atoms with Crippen molar-refractivity contribution in [3.63, 3.8) is 0 Å². The number of carbonyl (C=O) groups is 2. The number of thiophene rings is 1. The second-order valence-electron chi connectivity index (χ2n) is 7.81. The van der Waals surface area contributed by atoms with Gasteiger partial charge in [-0.15, -0.1) is 11.3 Å². The lowest BCUT2D eigenvalue weighted by atomic mass is 10.1. The summed E-state index contributed by atoms with van der Waals surface area (Å²) in [5.74, 6) is -0.627. The summed E-state index contributed by atoms with van der Waals surface area (Å²) in [6.45, 7) is 2.78. The number of hydrogen-bond acceptors (Lipinski definition) is 5. The first-order valence-corrected chi connectivity index (χ1v) is 12.5. The van der Waals surface area contributed by atoms with E-state index in [0.29, 0.717) is 29.2 Å². The first-order chi connectivity index (χ1) is 14.4. The van der Waals surface area contributed by atoms with Gasteiger partial charge in [0.2, 0.25) is 10.0 Å². The molecule has 0 radical (unpaired) electrons. The smallest absolute Gasteiger partial charge is 0.256 e. The Kier molecular flexibility index (Phi) is 5.95. The van der Waals surface area contributed by atoms with E-state index in [4.69, 9.17) is 0 Å². The highest BCUT2D eigenvalue weighted by Crippen LogP contribution is 2.28. The van der Waals surface area contributed by atoms with Crippen LogP contribution in [0.2, 0.25) is 0 Å². The molecule has 2 amide bonds. The van der Waals surface area contributed by atoms with Crippen molar-refractivity contribution in [2.45, 2.75) is 50.0 Å². The van der Waals surface area contributed by atoms with Crippen LogP contribution in [0.1, 0.15) is 58.4 Å². The Morgan fingerprint density at radius 2 is 1.77 bits per heavy atom. The van der Waals surface area contributed by atoms with Gasteiger partial charge in [0.1, 0.15) is 5.00 Å². The molecule has 9 heteroatoms. The normalized spacial score (nSPS) is 17.5. The summed E-state index contributed by atoms with van der Waals surface area (Å²) in [5, 5.41) is 7.92. The lowest BCUT2D eigenvalue weighted by Crippen LogP contribution is -2.35. The monoisotopic (exact) mass is 447 g/mol. The van der Waals surface area contributed by atoms with Crippen molar-refractivity contribution in [3.05, 3.63) is 46.3 Å². The van der Waals surface area contributed by atoms with Crippen molar-refractivity contribution in [3.8, 4) is 0 Å². The maximum absolute atomic E-state index is 13.0. The van der Waals surface area contributed by atoms with E-state index >= 15 is 0 Å². The largest absolute Gasteiger partial charge is 0.349 e. The number of amides is 2. The number of piperidine rings is 1. The molecule has 1 aliphatic carbocycles. The van der Waals surface area contributed by atoms with Gasteiger partial charge in [-0.25, -0.2) is 8.42 Å². The minimum absolute atomic E-state index is 0.123. The molecular weight excluding hydrogens is 422 g/mol. The molecule has 1 aliphatic heterocycles. The Labute approximate surface area is 180 Å². The zero-order valence-electron chi connectivity index (χ0n) is 16.8. The second kappa shape index (κ2) is 8.49. The summed E-state index contributed by atoms with van der Waals surface area (Å²) in [6.07, 6.45) is 4.69. The topological polar surface area (TPSA) is 95.6 Å². The van der Waals surface area contributed by atoms with Crippen molar-refractivity contribution in [2.75, 3.05) is 18.4 Å². The highest BCUT2D eigenvalue weighted by Gasteiger charge is 2.28. The molecule has 0 atom stereocenters. The fraction of sp³-hybridized carbons (Fsp3) is 0.429. The molecule has 1 aromatic heterocycles. The van der Waals surface area contributed by atoms with Gasteiger partial charge in [-0.1, -0.05) is 12.5 Å². The molecule has 0 bridgehead atoms. The maximum Gasteiger partial charge on any atom is 0.256 e. The number of sulfonamides is 1. The van der Waals surface area contributed by atoms with Gasteiger partial charge in [-0.3, -0.25) is 9.59 Å². The van der Waals surface area contributed by atoms with Gasteiger partial charge in [0, 0.05) is 24.7 Å². The quantitative estimate of drug-likeness (QED) is 0.710. The van der Waals surface area contributed by atoms with Crippen LogP contribution in [-0.4, -0.2) is 43.7 Å². The summed E-state index contributed by atoms with van der Waals surface area (Å²) in [4.78, 5) is 25.5. The molecule has 7 nitrogen and oxygen atoms in total. The third-order valence-corrected chi connectivity index (χ3v) is 8.18. The first-order valence-electron chi connectivity index (χ1n) is 10.2. The van der Waals surface area contributed by atoms with Crippen molar-refractivity contribution >= 4 is 38.2 Å². The van der Waals surface area contributed by atoms with Gasteiger partial charge in [-0.2, -0.15) is 4.31 Å². The molecule has 2 heterocycles. The summed E-state index contributed by atoms with van der Waals surface area (Å²) >= 11 is 1.27. The van der Waals surface area contributed by atoms with Crippen molar-refractivity contribution in [1.29, 1.82) is 0 Å². The fourth-order valence-electron chi connectivity index (χ4n) is 3.51. The third-order valence-electron chi connectivity index (χ3n) is 5.46. The molecule has 2 N–H and O–H groups in total. The predicted molar refractivity (Wildman–Crippen MR) is 117 cm³/mol. The summed E-state index contributed by atoms with van der Waals surface area (Å²) in [6, 6.07) is 6.55. The van der Waals surface area contributed by atoms with Crippen LogP contribution in [0.3, 0.4) is 0 Å². The Morgan fingerprint density at radius 3 is 2.47 bits per heavy atom. The highest BCUT2D eigenvalue weighted by atomic mass is 32.2. The van der Waals surface area contributed by atoms with Gasteiger partial charge in [-0.05, 0) is 61.7 Å². The number of anilines is 1. The van der Waals surface area contributed by atoms with Crippen LogP contribution in [0.25, 0.3) is 0 Å². The molecule has 0 spiro atoms. The Hall–Kier alpha value is -2.23. The highest BCUT2D eigenvalue weighted by molar-refractivity contribution is 7.89. The lowest BCUT2D eigenvalue weighted by Gasteiger charge is -2.26. The molecular formula is C21H25N3O4S2.